The highest BCUT2D eigenvalue weighted by Crippen LogP contribution is 2.19. The summed E-state index contributed by atoms with van der Waals surface area (Å²) >= 11 is 0. The number of hydrogen-bond donors (Lipinski definition) is 1. The molecule has 0 saturated carbocycles. The average Bonchev–Trinajstić information content (AvgIpc) is 2.36. The van der Waals surface area contributed by atoms with Gasteiger partial charge in [-0.25, -0.2) is 12.8 Å². The fourth-order valence-corrected chi connectivity index (χ4v) is 2.67. The maximum absolute atomic E-state index is 12.3. The smallest absolute Gasteiger partial charge is 0.270 e. The van der Waals surface area contributed by atoms with Crippen LogP contribution in [-0.2, 0) is 9.84 Å². The molecule has 6 nitrogen and oxygen atoms in total. The minimum absolute atomic E-state index is 0.0958. The third kappa shape index (κ3) is 3.34. The number of hydrogen-bond acceptors (Lipinski definition) is 5. The zero-order valence-electron chi connectivity index (χ0n) is 9.24. The van der Waals surface area contributed by atoms with Crippen molar-refractivity contribution in [2.45, 2.75) is 4.90 Å². The number of non-ortho nitro benzene ring substituents is 1. The van der Waals surface area contributed by atoms with Gasteiger partial charge in [-0.15, -0.1) is 0 Å². The lowest BCUT2D eigenvalue weighted by Crippen LogP contribution is -2.15. The molecule has 0 aromatic heterocycles. The van der Waals surface area contributed by atoms with E-state index in [1.165, 1.54) is 18.2 Å². The molecule has 0 fully saturated rings. The topological polar surface area (TPSA) is 103 Å². The Hall–Kier alpha value is -1.80. The first-order valence-electron chi connectivity index (χ1n) is 4.86. The van der Waals surface area contributed by atoms with Gasteiger partial charge in [0.05, 0.1) is 21.9 Å². The van der Waals surface area contributed by atoms with Gasteiger partial charge in [0.15, 0.2) is 9.84 Å². The molecule has 0 unspecified atom stereocenters. The monoisotopic (exact) mass is 274 g/mol. The summed E-state index contributed by atoms with van der Waals surface area (Å²) in [5, 5.41) is 10.5. The second-order valence-corrected chi connectivity index (χ2v) is 5.47. The zero-order valence-corrected chi connectivity index (χ0v) is 10.1. The summed E-state index contributed by atoms with van der Waals surface area (Å²) in [6, 6.07) is 4.58. The lowest BCUT2D eigenvalue weighted by Gasteiger charge is -2.05. The van der Waals surface area contributed by atoms with Gasteiger partial charge in [0, 0.05) is 18.7 Å². The number of nitro benzene ring substituents is 1. The third-order valence-electron chi connectivity index (χ3n) is 2.18. The molecule has 98 valence electrons. The van der Waals surface area contributed by atoms with E-state index in [0.717, 1.165) is 6.07 Å². The number of nitrogens with zero attached hydrogens (tertiary/aromatic N) is 1. The van der Waals surface area contributed by atoms with Gasteiger partial charge < -0.3 is 5.73 Å². The predicted octanol–water partition coefficient (Wildman–Crippen LogP) is 1.18. The van der Waals surface area contributed by atoms with Crippen molar-refractivity contribution < 1.29 is 17.7 Å². The summed E-state index contributed by atoms with van der Waals surface area (Å²) in [7, 11) is -3.83. The Kier molecular flexibility index (Phi) is 4.51. The predicted molar refractivity (Wildman–Crippen MR) is 63.4 cm³/mol. The van der Waals surface area contributed by atoms with Crippen molar-refractivity contribution in [2.24, 2.45) is 5.73 Å². The number of nitro groups is 1. The summed E-state index contributed by atoms with van der Waals surface area (Å²) in [6.45, 7) is -0.231. The van der Waals surface area contributed by atoms with Gasteiger partial charge in [0.25, 0.3) is 5.69 Å². The van der Waals surface area contributed by atoms with E-state index in [2.05, 4.69) is 0 Å². The van der Waals surface area contributed by atoms with Crippen LogP contribution in [0.5, 0.6) is 0 Å². The van der Waals surface area contributed by atoms with E-state index in [1.54, 1.807) is 0 Å². The minimum atomic E-state index is -3.83. The average molecular weight is 274 g/mol. The first-order valence-corrected chi connectivity index (χ1v) is 6.51. The second kappa shape index (κ2) is 5.69. The van der Waals surface area contributed by atoms with Crippen LogP contribution in [0.25, 0.3) is 0 Å². The molecule has 2 N–H and O–H groups in total. The maximum atomic E-state index is 12.3. The fraction of sp³-hybridized carbons (Fsp3) is 0.200. The van der Waals surface area contributed by atoms with E-state index in [1.807, 2.05) is 0 Å². The number of sulfone groups is 1. The maximum Gasteiger partial charge on any atom is 0.270 e. The van der Waals surface area contributed by atoms with Crippen molar-refractivity contribution >= 4 is 15.5 Å². The Morgan fingerprint density at radius 2 is 2.17 bits per heavy atom. The number of halogens is 1. The van der Waals surface area contributed by atoms with Gasteiger partial charge in [-0.05, 0) is 11.6 Å². The lowest BCUT2D eigenvalue weighted by atomic mass is 10.3. The molecule has 0 aliphatic rings. The Bertz CT molecular complexity index is 583. The Balaban J connectivity index is 3.13. The van der Waals surface area contributed by atoms with Crippen LogP contribution < -0.4 is 5.73 Å². The standard InChI is InChI=1S/C10H11FN2O4S/c11-5-8(6-12)7-18(16,17)10-3-1-2-9(4-10)13(14)15/h1-5H,6-7,12H2/b8-5+. The van der Waals surface area contributed by atoms with Crippen LogP contribution in [0.15, 0.2) is 41.1 Å². The first kappa shape index (κ1) is 14.3. The fourth-order valence-electron chi connectivity index (χ4n) is 1.25. The molecule has 1 aromatic rings. The molecule has 18 heavy (non-hydrogen) atoms. The van der Waals surface area contributed by atoms with Crippen molar-refractivity contribution in [2.75, 3.05) is 12.3 Å². The van der Waals surface area contributed by atoms with E-state index >= 15 is 0 Å². The van der Waals surface area contributed by atoms with Gasteiger partial charge in [-0.2, -0.15) is 0 Å². The normalized spacial score (nSPS) is 12.4. The SMILES string of the molecule is NC/C(=C\F)CS(=O)(=O)c1cccc([N+](=O)[O-])c1. The molecule has 0 atom stereocenters. The van der Waals surface area contributed by atoms with Crippen LogP contribution >= 0.6 is 0 Å². The molecule has 0 saturated heterocycles. The molecule has 0 heterocycles. The molecule has 8 heteroatoms. The van der Waals surface area contributed by atoms with Gasteiger partial charge >= 0.3 is 0 Å². The summed E-state index contributed by atoms with van der Waals surface area (Å²) in [4.78, 5) is 9.60. The molecule has 1 rings (SSSR count). The van der Waals surface area contributed by atoms with E-state index in [4.69, 9.17) is 5.73 Å². The molecule has 0 bridgehead atoms. The molecular weight excluding hydrogens is 263 g/mol. The van der Waals surface area contributed by atoms with Gasteiger partial charge in [0.1, 0.15) is 0 Å². The molecule has 0 radical (unpaired) electrons. The number of benzene rings is 1. The molecule has 0 aliphatic carbocycles. The van der Waals surface area contributed by atoms with Crippen LogP contribution in [0.3, 0.4) is 0 Å². The van der Waals surface area contributed by atoms with E-state index in [-0.39, 0.29) is 29.0 Å². The number of rotatable bonds is 5. The van der Waals surface area contributed by atoms with E-state index in [0.29, 0.717) is 0 Å². The van der Waals surface area contributed by atoms with Crippen LogP contribution in [-0.4, -0.2) is 25.6 Å². The third-order valence-corrected chi connectivity index (χ3v) is 3.90. The van der Waals surface area contributed by atoms with Gasteiger partial charge in [-0.1, -0.05) is 6.07 Å². The Morgan fingerprint density at radius 1 is 1.50 bits per heavy atom. The summed E-state index contributed by atoms with van der Waals surface area (Å²) in [6.07, 6.45) is 0.134. The van der Waals surface area contributed by atoms with Crippen molar-refractivity contribution in [3.8, 4) is 0 Å². The van der Waals surface area contributed by atoms with Crippen molar-refractivity contribution in [3.05, 3.63) is 46.3 Å². The zero-order chi connectivity index (χ0) is 13.8. The largest absolute Gasteiger partial charge is 0.327 e. The molecular formula is C10H11FN2O4S. The van der Waals surface area contributed by atoms with Crippen molar-refractivity contribution in [1.82, 2.24) is 0 Å². The highest BCUT2D eigenvalue weighted by Gasteiger charge is 2.19. The van der Waals surface area contributed by atoms with Gasteiger partial charge in [-0.3, -0.25) is 10.1 Å². The highest BCUT2D eigenvalue weighted by atomic mass is 32.2. The first-order chi connectivity index (χ1) is 8.40. The van der Waals surface area contributed by atoms with E-state index in [9.17, 15) is 22.9 Å². The minimum Gasteiger partial charge on any atom is -0.327 e. The lowest BCUT2D eigenvalue weighted by molar-refractivity contribution is -0.385. The summed E-state index contributed by atoms with van der Waals surface area (Å²) in [5.41, 5.74) is 4.73. The number of nitrogens with two attached hydrogens (primary N) is 1. The summed E-state index contributed by atoms with van der Waals surface area (Å²) in [5.74, 6) is -0.596. The molecule has 1 aromatic carbocycles. The van der Waals surface area contributed by atoms with E-state index < -0.39 is 20.5 Å². The molecule has 0 aliphatic heterocycles. The van der Waals surface area contributed by atoms with Gasteiger partial charge in [0.2, 0.25) is 0 Å². The Labute approximate surface area is 103 Å². The van der Waals surface area contributed by atoms with Crippen LogP contribution in [0.1, 0.15) is 0 Å². The molecule has 0 amide bonds. The second-order valence-electron chi connectivity index (χ2n) is 3.49. The van der Waals surface area contributed by atoms with Crippen LogP contribution in [0.2, 0.25) is 0 Å². The Morgan fingerprint density at radius 3 is 2.67 bits per heavy atom. The highest BCUT2D eigenvalue weighted by molar-refractivity contribution is 7.91. The summed E-state index contributed by atoms with van der Waals surface area (Å²) < 4.78 is 36.0. The van der Waals surface area contributed by atoms with Crippen molar-refractivity contribution in [3.63, 3.8) is 0 Å². The quantitative estimate of drug-likeness (QED) is 0.641. The van der Waals surface area contributed by atoms with Crippen molar-refractivity contribution in [1.29, 1.82) is 0 Å². The molecule has 0 spiro atoms. The van der Waals surface area contributed by atoms with Crippen LogP contribution in [0, 0.1) is 10.1 Å². The van der Waals surface area contributed by atoms with Crippen LogP contribution in [0.4, 0.5) is 10.1 Å².